The molecule has 0 aliphatic heterocycles. The molecule has 0 N–H and O–H groups in total. The number of ketones is 1. The highest BCUT2D eigenvalue weighted by molar-refractivity contribution is 6.59. The van der Waals surface area contributed by atoms with Crippen LogP contribution in [0.5, 0.6) is 0 Å². The Kier molecular flexibility index (Phi) is 2.72. The molecule has 0 aromatic rings. The Bertz CT molecular complexity index is 220. The van der Waals surface area contributed by atoms with Gasteiger partial charge in [-0.2, -0.15) is 0 Å². The van der Waals surface area contributed by atoms with Crippen LogP contribution in [0.15, 0.2) is 0 Å². The summed E-state index contributed by atoms with van der Waals surface area (Å²) in [5.41, 5.74) is 0.251. The number of carbonyl (C=O) groups is 1. The minimum absolute atomic E-state index is 0.251. The van der Waals surface area contributed by atoms with Crippen LogP contribution < -0.4 is 0 Å². The third kappa shape index (κ3) is 2.43. The molecule has 0 spiro atoms. The van der Waals surface area contributed by atoms with Crippen LogP contribution in [0.25, 0.3) is 0 Å². The molecule has 0 aromatic carbocycles. The van der Waals surface area contributed by atoms with Gasteiger partial charge >= 0.3 is 0 Å². The van der Waals surface area contributed by atoms with Crippen molar-refractivity contribution in [3.8, 4) is 0 Å². The Morgan fingerprint density at radius 2 is 1.69 bits per heavy atom. The Labute approximate surface area is 83.5 Å². The Morgan fingerprint density at radius 1 is 1.15 bits per heavy atom. The first-order valence-electron chi connectivity index (χ1n) is 5.27. The van der Waals surface area contributed by atoms with Crippen LogP contribution in [-0.2, 0) is 4.79 Å². The average Bonchev–Trinajstić information content (AvgIpc) is 1.79. The number of carbonyl (C=O) groups excluding carboxylic acids is 1. The zero-order valence-electron chi connectivity index (χ0n) is 9.61. The molecule has 0 bridgehead atoms. The monoisotopic (exact) mass is 198 g/mol. The van der Waals surface area contributed by atoms with Crippen molar-refractivity contribution in [2.75, 3.05) is 0 Å². The predicted octanol–water partition coefficient (Wildman–Crippen LogP) is 3.01. The zero-order valence-corrected chi connectivity index (χ0v) is 10.8. The molecule has 2 heteroatoms. The van der Waals surface area contributed by atoms with Gasteiger partial charge in [-0.25, -0.2) is 0 Å². The second-order valence-electron chi connectivity index (χ2n) is 6.04. The molecule has 13 heavy (non-hydrogen) atoms. The lowest BCUT2D eigenvalue weighted by Crippen LogP contribution is -2.38. The molecule has 0 radical (unpaired) electrons. The summed E-state index contributed by atoms with van der Waals surface area (Å²) in [6.07, 6.45) is 2.89. The summed E-state index contributed by atoms with van der Waals surface area (Å²) >= 11 is 0. The maximum Gasteiger partial charge on any atom is 0.133 e. The van der Waals surface area contributed by atoms with Crippen molar-refractivity contribution in [1.29, 1.82) is 0 Å². The van der Waals surface area contributed by atoms with Gasteiger partial charge in [0.1, 0.15) is 5.78 Å². The minimum atomic E-state index is -0.708. The largest absolute Gasteiger partial charge is 0.300 e. The first-order valence-corrected chi connectivity index (χ1v) is 8.16. The first-order chi connectivity index (χ1) is 5.75. The lowest BCUT2D eigenvalue weighted by Gasteiger charge is -2.44. The van der Waals surface area contributed by atoms with Crippen molar-refractivity contribution in [1.82, 2.24) is 0 Å². The SMILES string of the molecule is C[SiH](C)C1(C)CC(=O)CC(C)(C)C1. The van der Waals surface area contributed by atoms with Gasteiger partial charge in [-0.1, -0.05) is 33.9 Å². The van der Waals surface area contributed by atoms with Gasteiger partial charge in [0, 0.05) is 21.6 Å². The smallest absolute Gasteiger partial charge is 0.133 e. The van der Waals surface area contributed by atoms with E-state index in [1.165, 1.54) is 6.42 Å². The fourth-order valence-electron chi connectivity index (χ4n) is 2.67. The van der Waals surface area contributed by atoms with Crippen molar-refractivity contribution in [2.45, 2.75) is 58.2 Å². The van der Waals surface area contributed by atoms with E-state index in [1.807, 2.05) is 0 Å². The van der Waals surface area contributed by atoms with Crippen molar-refractivity contribution in [3.05, 3.63) is 0 Å². The van der Waals surface area contributed by atoms with Gasteiger partial charge < -0.3 is 0 Å². The van der Waals surface area contributed by atoms with Crippen LogP contribution in [0, 0.1) is 5.41 Å². The van der Waals surface area contributed by atoms with Gasteiger partial charge in [-0.05, 0) is 16.9 Å². The van der Waals surface area contributed by atoms with E-state index in [-0.39, 0.29) is 5.41 Å². The quantitative estimate of drug-likeness (QED) is 0.592. The van der Waals surface area contributed by atoms with Gasteiger partial charge in [0.25, 0.3) is 0 Å². The highest BCUT2D eigenvalue weighted by Crippen LogP contribution is 2.50. The fourth-order valence-corrected chi connectivity index (χ4v) is 4.27. The molecule has 76 valence electrons. The van der Waals surface area contributed by atoms with Crippen LogP contribution >= 0.6 is 0 Å². The molecule has 1 rings (SSSR count). The number of hydrogen-bond donors (Lipinski definition) is 0. The van der Waals surface area contributed by atoms with Crippen LogP contribution in [0.3, 0.4) is 0 Å². The highest BCUT2D eigenvalue weighted by Gasteiger charge is 2.42. The van der Waals surface area contributed by atoms with E-state index < -0.39 is 8.80 Å². The highest BCUT2D eigenvalue weighted by atomic mass is 28.3. The molecule has 0 aromatic heterocycles. The second-order valence-corrected chi connectivity index (χ2v) is 9.75. The van der Waals surface area contributed by atoms with Crippen molar-refractivity contribution in [3.63, 3.8) is 0 Å². The summed E-state index contributed by atoms with van der Waals surface area (Å²) in [4.78, 5) is 11.6. The molecule has 0 saturated heterocycles. The van der Waals surface area contributed by atoms with E-state index in [9.17, 15) is 4.79 Å². The Hall–Kier alpha value is -0.113. The van der Waals surface area contributed by atoms with Gasteiger partial charge in [0.05, 0.1) is 0 Å². The molecule has 1 unspecified atom stereocenters. The summed E-state index contributed by atoms with van der Waals surface area (Å²) in [5.74, 6) is 0.486. The molecule has 1 fully saturated rings. The van der Waals surface area contributed by atoms with Crippen LogP contribution in [-0.4, -0.2) is 14.6 Å². The third-order valence-electron chi connectivity index (χ3n) is 3.55. The maximum absolute atomic E-state index is 11.6. The number of rotatable bonds is 1. The van der Waals surface area contributed by atoms with Crippen molar-refractivity contribution >= 4 is 14.6 Å². The lowest BCUT2D eigenvalue weighted by molar-refractivity contribution is -0.124. The van der Waals surface area contributed by atoms with Gasteiger partial charge in [-0.3, -0.25) is 4.79 Å². The van der Waals surface area contributed by atoms with E-state index >= 15 is 0 Å². The van der Waals surface area contributed by atoms with Gasteiger partial charge in [-0.15, -0.1) is 0 Å². The Balaban J connectivity index is 2.84. The molecule has 1 saturated carbocycles. The van der Waals surface area contributed by atoms with E-state index in [0.29, 0.717) is 10.8 Å². The standard InChI is InChI=1S/C11H22OSi/c1-10(2)6-9(12)7-11(3,8-10)13(4)5/h13H,6-8H2,1-5H3. The third-order valence-corrected chi connectivity index (χ3v) is 6.75. The molecular formula is C11H22OSi. The van der Waals surface area contributed by atoms with Gasteiger partial charge in [0.15, 0.2) is 0 Å². The number of Topliss-reactive ketones (excluding diaryl/α,β-unsaturated/α-hetero) is 1. The van der Waals surface area contributed by atoms with Crippen LogP contribution in [0.4, 0.5) is 0 Å². The Morgan fingerprint density at radius 3 is 2.08 bits per heavy atom. The lowest BCUT2D eigenvalue weighted by atomic mass is 9.71. The predicted molar refractivity (Wildman–Crippen MR) is 59.9 cm³/mol. The summed E-state index contributed by atoms with van der Waals surface area (Å²) in [6, 6.07) is 0. The topological polar surface area (TPSA) is 17.1 Å². The van der Waals surface area contributed by atoms with Gasteiger partial charge in [0.2, 0.25) is 0 Å². The summed E-state index contributed by atoms with van der Waals surface area (Å²) in [5, 5.41) is 0.374. The van der Waals surface area contributed by atoms with E-state index in [0.717, 1.165) is 12.8 Å². The number of hydrogen-bond acceptors (Lipinski definition) is 1. The van der Waals surface area contributed by atoms with Crippen molar-refractivity contribution in [2.24, 2.45) is 5.41 Å². The van der Waals surface area contributed by atoms with E-state index in [2.05, 4.69) is 33.9 Å². The summed E-state index contributed by atoms with van der Waals surface area (Å²) < 4.78 is 0. The summed E-state index contributed by atoms with van der Waals surface area (Å²) in [7, 11) is -0.708. The molecule has 1 nitrogen and oxygen atoms in total. The van der Waals surface area contributed by atoms with Crippen LogP contribution in [0.1, 0.15) is 40.0 Å². The summed E-state index contributed by atoms with van der Waals surface area (Å²) in [6.45, 7) is 11.5. The molecule has 1 aliphatic rings. The second kappa shape index (κ2) is 3.23. The molecule has 1 aliphatic carbocycles. The molecule has 0 heterocycles. The molecule has 0 amide bonds. The van der Waals surface area contributed by atoms with E-state index in [1.54, 1.807) is 0 Å². The normalized spacial score (nSPS) is 33.8. The maximum atomic E-state index is 11.6. The average molecular weight is 198 g/mol. The zero-order chi connectivity index (χ0) is 10.3. The first kappa shape index (κ1) is 11.0. The van der Waals surface area contributed by atoms with E-state index in [4.69, 9.17) is 0 Å². The van der Waals surface area contributed by atoms with Crippen molar-refractivity contribution < 1.29 is 4.79 Å². The molecule has 1 atom stereocenters. The van der Waals surface area contributed by atoms with Crippen LogP contribution in [0.2, 0.25) is 18.1 Å². The fraction of sp³-hybridized carbons (Fsp3) is 0.909. The molecular weight excluding hydrogens is 176 g/mol. The minimum Gasteiger partial charge on any atom is -0.300 e.